The van der Waals surface area contributed by atoms with E-state index < -0.39 is 17.8 Å². The number of rotatable bonds is 4. The summed E-state index contributed by atoms with van der Waals surface area (Å²) in [5, 5.41) is 3.79. The Hall–Kier alpha value is -3.09. The van der Waals surface area contributed by atoms with Crippen molar-refractivity contribution in [2.45, 2.75) is 26.4 Å². The second-order valence-corrected chi connectivity index (χ2v) is 6.45. The summed E-state index contributed by atoms with van der Waals surface area (Å²) in [4.78, 5) is 11.0. The van der Waals surface area contributed by atoms with E-state index in [-0.39, 0.29) is 6.42 Å². The average Bonchev–Trinajstić information content (AvgIpc) is 3.02. The number of amides is 1. The Morgan fingerprint density at radius 1 is 1.07 bits per heavy atom. The molecule has 2 N–H and O–H groups in total. The number of halogens is 3. The first-order valence-electron chi connectivity index (χ1n) is 8.27. The Labute approximate surface area is 154 Å². The number of nitrogens with zero attached hydrogens (tertiary/aromatic N) is 2. The molecule has 1 aromatic heterocycles. The van der Waals surface area contributed by atoms with Crippen molar-refractivity contribution in [2.75, 3.05) is 0 Å². The molecule has 2 aromatic carbocycles. The lowest BCUT2D eigenvalue weighted by atomic mass is 10.0. The van der Waals surface area contributed by atoms with Crippen LogP contribution in [0.25, 0.3) is 16.9 Å². The van der Waals surface area contributed by atoms with Gasteiger partial charge in [0.05, 0.1) is 17.8 Å². The molecule has 140 valence electrons. The molecule has 0 saturated carbocycles. The molecule has 0 saturated heterocycles. The highest BCUT2D eigenvalue weighted by Gasteiger charge is 2.35. The van der Waals surface area contributed by atoms with Crippen molar-refractivity contribution in [2.24, 2.45) is 5.73 Å². The van der Waals surface area contributed by atoms with Gasteiger partial charge < -0.3 is 5.73 Å². The van der Waals surface area contributed by atoms with Gasteiger partial charge in [-0.15, -0.1) is 0 Å². The van der Waals surface area contributed by atoms with Crippen molar-refractivity contribution in [3.8, 4) is 16.9 Å². The number of hydrogen-bond acceptors (Lipinski definition) is 2. The number of carbonyl (C=O) groups excluding carboxylic acids is 1. The molecular weight excluding hydrogens is 355 g/mol. The zero-order valence-corrected chi connectivity index (χ0v) is 14.8. The highest BCUT2D eigenvalue weighted by atomic mass is 19.4. The third kappa shape index (κ3) is 4.02. The molecule has 27 heavy (non-hydrogen) atoms. The van der Waals surface area contributed by atoms with Crippen LogP contribution >= 0.6 is 0 Å². The molecule has 0 aliphatic carbocycles. The van der Waals surface area contributed by atoms with E-state index in [4.69, 9.17) is 5.73 Å². The smallest absolute Gasteiger partial charge is 0.369 e. The minimum atomic E-state index is -4.55. The minimum absolute atomic E-state index is 0.0665. The monoisotopic (exact) mass is 373 g/mol. The van der Waals surface area contributed by atoms with Crippen LogP contribution in [0.15, 0.2) is 48.5 Å². The van der Waals surface area contributed by atoms with E-state index in [1.54, 1.807) is 24.3 Å². The third-order valence-corrected chi connectivity index (χ3v) is 4.23. The summed E-state index contributed by atoms with van der Waals surface area (Å²) in [7, 11) is 0. The molecule has 0 aliphatic rings. The first kappa shape index (κ1) is 18.7. The highest BCUT2D eigenvalue weighted by Crippen LogP contribution is 2.34. The van der Waals surface area contributed by atoms with Crippen LogP contribution in [0.1, 0.15) is 22.4 Å². The number of aryl methyl sites for hydroxylation is 2. The zero-order valence-electron chi connectivity index (χ0n) is 14.8. The molecule has 0 radical (unpaired) electrons. The maximum atomic E-state index is 13.3. The van der Waals surface area contributed by atoms with Crippen molar-refractivity contribution in [1.82, 2.24) is 9.78 Å². The number of aromatic nitrogens is 2. The van der Waals surface area contributed by atoms with Crippen molar-refractivity contribution in [3.63, 3.8) is 0 Å². The SMILES string of the molecule is Cc1ccc(C)c(-c2cc(C(F)(F)F)nn2-c2ccc(CC(N)=O)cc2)c1. The molecular formula is C20H18F3N3O. The van der Waals surface area contributed by atoms with E-state index in [1.807, 2.05) is 32.0 Å². The van der Waals surface area contributed by atoms with Gasteiger partial charge in [-0.1, -0.05) is 29.8 Å². The summed E-state index contributed by atoms with van der Waals surface area (Å²) in [5.41, 5.74) is 8.19. The van der Waals surface area contributed by atoms with Crippen molar-refractivity contribution >= 4 is 5.91 Å². The molecule has 0 spiro atoms. The van der Waals surface area contributed by atoms with E-state index in [0.717, 1.165) is 17.2 Å². The van der Waals surface area contributed by atoms with Crippen LogP contribution < -0.4 is 5.73 Å². The number of hydrogen-bond donors (Lipinski definition) is 1. The van der Waals surface area contributed by atoms with E-state index in [2.05, 4.69) is 5.10 Å². The molecule has 1 heterocycles. The quantitative estimate of drug-likeness (QED) is 0.745. The normalized spacial score (nSPS) is 11.6. The summed E-state index contributed by atoms with van der Waals surface area (Å²) in [6, 6.07) is 13.2. The van der Waals surface area contributed by atoms with Gasteiger partial charge in [0.1, 0.15) is 0 Å². The minimum Gasteiger partial charge on any atom is -0.369 e. The van der Waals surface area contributed by atoms with Crippen LogP contribution in [-0.4, -0.2) is 15.7 Å². The predicted molar refractivity (Wildman–Crippen MR) is 96.4 cm³/mol. The second kappa shape index (κ2) is 6.90. The molecule has 0 fully saturated rings. The van der Waals surface area contributed by atoms with Crippen LogP contribution in [-0.2, 0) is 17.4 Å². The fraction of sp³-hybridized carbons (Fsp3) is 0.200. The molecule has 0 atom stereocenters. The molecule has 0 unspecified atom stereocenters. The van der Waals surface area contributed by atoms with Crippen LogP contribution in [0.2, 0.25) is 0 Å². The lowest BCUT2D eigenvalue weighted by Crippen LogP contribution is -2.13. The van der Waals surface area contributed by atoms with Crippen molar-refractivity contribution in [3.05, 3.63) is 70.9 Å². The summed E-state index contributed by atoms with van der Waals surface area (Å²) >= 11 is 0. The van der Waals surface area contributed by atoms with Gasteiger partial charge in [-0.25, -0.2) is 4.68 Å². The topological polar surface area (TPSA) is 60.9 Å². The first-order chi connectivity index (χ1) is 12.6. The Kier molecular flexibility index (Phi) is 4.78. The Balaban J connectivity index is 2.15. The summed E-state index contributed by atoms with van der Waals surface area (Å²) in [6.45, 7) is 3.72. The van der Waals surface area contributed by atoms with Crippen molar-refractivity contribution < 1.29 is 18.0 Å². The van der Waals surface area contributed by atoms with Gasteiger partial charge in [0, 0.05) is 5.56 Å². The summed E-state index contributed by atoms with van der Waals surface area (Å²) in [5.74, 6) is -0.475. The molecule has 7 heteroatoms. The van der Waals surface area contributed by atoms with Crippen LogP contribution in [0, 0.1) is 13.8 Å². The van der Waals surface area contributed by atoms with E-state index in [1.165, 1.54) is 4.68 Å². The Morgan fingerprint density at radius 2 is 1.74 bits per heavy atom. The lowest BCUT2D eigenvalue weighted by Gasteiger charge is -2.11. The van der Waals surface area contributed by atoms with Gasteiger partial charge in [-0.3, -0.25) is 4.79 Å². The summed E-state index contributed by atoms with van der Waals surface area (Å²) in [6.07, 6.45) is -4.49. The molecule has 3 aromatic rings. The fourth-order valence-corrected chi connectivity index (χ4v) is 2.88. The zero-order chi connectivity index (χ0) is 19.8. The largest absolute Gasteiger partial charge is 0.435 e. The standard InChI is InChI=1S/C20H18F3N3O/c1-12-3-4-13(2)16(9-12)17-11-18(20(21,22)23)25-26(17)15-7-5-14(6-8-15)10-19(24)27/h3-9,11H,10H2,1-2H3,(H2,24,27). The molecule has 4 nitrogen and oxygen atoms in total. The average molecular weight is 373 g/mol. The van der Waals surface area contributed by atoms with Crippen molar-refractivity contribution in [1.29, 1.82) is 0 Å². The number of benzene rings is 2. The molecule has 0 aliphatic heterocycles. The Morgan fingerprint density at radius 3 is 2.33 bits per heavy atom. The van der Waals surface area contributed by atoms with E-state index in [9.17, 15) is 18.0 Å². The van der Waals surface area contributed by atoms with Crippen LogP contribution in [0.3, 0.4) is 0 Å². The molecule has 0 bridgehead atoms. The highest BCUT2D eigenvalue weighted by molar-refractivity contribution is 5.76. The van der Waals surface area contributed by atoms with E-state index >= 15 is 0 Å². The maximum Gasteiger partial charge on any atom is 0.435 e. The maximum absolute atomic E-state index is 13.3. The van der Waals surface area contributed by atoms with Gasteiger partial charge in [0.15, 0.2) is 5.69 Å². The van der Waals surface area contributed by atoms with E-state index in [0.29, 0.717) is 22.5 Å². The Bertz CT molecular complexity index is 989. The van der Waals surface area contributed by atoms with Gasteiger partial charge in [0.25, 0.3) is 0 Å². The fourth-order valence-electron chi connectivity index (χ4n) is 2.88. The number of nitrogens with two attached hydrogens (primary N) is 1. The predicted octanol–water partition coefficient (Wildman–Crippen LogP) is 4.20. The number of carbonyl (C=O) groups is 1. The van der Waals surface area contributed by atoms with Gasteiger partial charge in [-0.2, -0.15) is 18.3 Å². The van der Waals surface area contributed by atoms with Crippen LogP contribution in [0.5, 0.6) is 0 Å². The molecule has 3 rings (SSSR count). The summed E-state index contributed by atoms with van der Waals surface area (Å²) < 4.78 is 41.1. The third-order valence-electron chi connectivity index (χ3n) is 4.23. The number of alkyl halides is 3. The van der Waals surface area contributed by atoms with Gasteiger partial charge in [0.2, 0.25) is 5.91 Å². The van der Waals surface area contributed by atoms with Gasteiger partial charge in [-0.05, 0) is 49.2 Å². The lowest BCUT2D eigenvalue weighted by molar-refractivity contribution is -0.141. The number of primary amides is 1. The van der Waals surface area contributed by atoms with Crippen LogP contribution in [0.4, 0.5) is 13.2 Å². The molecule has 1 amide bonds. The second-order valence-electron chi connectivity index (χ2n) is 6.45. The van der Waals surface area contributed by atoms with Gasteiger partial charge >= 0.3 is 6.18 Å². The first-order valence-corrected chi connectivity index (χ1v) is 8.27.